The van der Waals surface area contributed by atoms with E-state index in [1.54, 1.807) is 0 Å². The number of nitrogens with two attached hydrogens (primary N) is 2. The Labute approximate surface area is 103 Å². The molecule has 0 amide bonds. The Kier molecular flexibility index (Phi) is 2.84. The highest BCUT2D eigenvalue weighted by atomic mass is 14.7. The fraction of sp³-hybridized carbons (Fsp3) is 0.333. The minimum atomic E-state index is -0.321. The molecule has 1 aliphatic carbocycles. The maximum Gasteiger partial charge on any atom is 0.0502 e. The lowest BCUT2D eigenvalue weighted by Crippen LogP contribution is -2.34. The Balaban J connectivity index is 2.40. The second kappa shape index (κ2) is 4.04. The van der Waals surface area contributed by atoms with Crippen molar-refractivity contribution in [3.63, 3.8) is 0 Å². The van der Waals surface area contributed by atoms with Crippen molar-refractivity contribution in [1.29, 1.82) is 0 Å². The van der Waals surface area contributed by atoms with Gasteiger partial charge < -0.3 is 11.5 Å². The highest BCUT2D eigenvalue weighted by Gasteiger charge is 2.25. The molecule has 0 aliphatic heterocycles. The van der Waals surface area contributed by atoms with E-state index in [2.05, 4.69) is 38.1 Å². The van der Waals surface area contributed by atoms with Gasteiger partial charge in [0.1, 0.15) is 0 Å². The molecule has 0 aromatic heterocycles. The molecule has 4 N–H and O–H groups in total. The van der Waals surface area contributed by atoms with Crippen molar-refractivity contribution in [1.82, 2.24) is 0 Å². The highest BCUT2D eigenvalue weighted by molar-refractivity contribution is 5.48. The molecule has 0 spiro atoms. The van der Waals surface area contributed by atoms with Gasteiger partial charge >= 0.3 is 0 Å². The molecule has 0 unspecified atom stereocenters. The first kappa shape index (κ1) is 11.9. The number of hydrogen-bond donors (Lipinski definition) is 2. The molecular formula is C15H20N2. The molecule has 2 heteroatoms. The van der Waals surface area contributed by atoms with Crippen LogP contribution in [0.3, 0.4) is 0 Å². The van der Waals surface area contributed by atoms with E-state index in [9.17, 15) is 0 Å². The van der Waals surface area contributed by atoms with Gasteiger partial charge in [-0.25, -0.2) is 0 Å². The van der Waals surface area contributed by atoms with Crippen LogP contribution in [-0.2, 0) is 0 Å². The molecule has 0 saturated carbocycles. The first-order valence-corrected chi connectivity index (χ1v) is 5.92. The van der Waals surface area contributed by atoms with Gasteiger partial charge in [0.05, 0.1) is 5.54 Å². The molecule has 1 aliphatic rings. The van der Waals surface area contributed by atoms with Crippen LogP contribution in [0.15, 0.2) is 47.6 Å². The van der Waals surface area contributed by atoms with E-state index in [1.165, 1.54) is 16.7 Å². The minimum absolute atomic E-state index is 0.321. The fourth-order valence-corrected chi connectivity index (χ4v) is 2.76. The zero-order chi connectivity index (χ0) is 12.6. The smallest absolute Gasteiger partial charge is 0.0502 e. The van der Waals surface area contributed by atoms with Crippen molar-refractivity contribution < 1.29 is 0 Å². The SMILES string of the molecule is CC1=CC(C)(N)C=C(C)C1c1ccc(N)cc1. The van der Waals surface area contributed by atoms with Crippen LogP contribution in [0, 0.1) is 0 Å². The lowest BCUT2D eigenvalue weighted by atomic mass is 9.77. The van der Waals surface area contributed by atoms with Crippen LogP contribution in [-0.4, -0.2) is 5.54 Å². The standard InChI is InChI=1S/C15H20N2/c1-10-8-15(3,17)9-11(2)14(10)12-4-6-13(16)7-5-12/h4-9,14H,16-17H2,1-3H3. The summed E-state index contributed by atoms with van der Waals surface area (Å²) < 4.78 is 0. The maximum absolute atomic E-state index is 6.15. The first-order valence-electron chi connectivity index (χ1n) is 5.92. The summed E-state index contributed by atoms with van der Waals surface area (Å²) in [5, 5.41) is 0. The second-order valence-corrected chi connectivity index (χ2v) is 5.24. The zero-order valence-corrected chi connectivity index (χ0v) is 10.7. The molecule has 17 heavy (non-hydrogen) atoms. The third-order valence-corrected chi connectivity index (χ3v) is 3.26. The number of benzene rings is 1. The molecule has 2 rings (SSSR count). The topological polar surface area (TPSA) is 52.0 Å². The summed E-state index contributed by atoms with van der Waals surface area (Å²) in [4.78, 5) is 0. The predicted molar refractivity (Wildman–Crippen MR) is 73.7 cm³/mol. The second-order valence-electron chi connectivity index (χ2n) is 5.24. The van der Waals surface area contributed by atoms with E-state index < -0.39 is 0 Å². The van der Waals surface area contributed by atoms with E-state index in [0.717, 1.165) is 5.69 Å². The van der Waals surface area contributed by atoms with Crippen LogP contribution < -0.4 is 11.5 Å². The number of allylic oxidation sites excluding steroid dienone is 2. The lowest BCUT2D eigenvalue weighted by Gasteiger charge is -2.30. The van der Waals surface area contributed by atoms with Crippen molar-refractivity contribution in [3.8, 4) is 0 Å². The fourth-order valence-electron chi connectivity index (χ4n) is 2.76. The molecule has 0 radical (unpaired) electrons. The first-order chi connectivity index (χ1) is 7.89. The molecular weight excluding hydrogens is 208 g/mol. The van der Waals surface area contributed by atoms with Gasteiger partial charge in [-0.2, -0.15) is 0 Å². The Hall–Kier alpha value is -1.54. The summed E-state index contributed by atoms with van der Waals surface area (Å²) in [7, 11) is 0. The predicted octanol–water partition coefficient (Wildman–Crippen LogP) is 2.98. The van der Waals surface area contributed by atoms with Gasteiger partial charge in [0.25, 0.3) is 0 Å². The van der Waals surface area contributed by atoms with Crippen molar-refractivity contribution in [2.75, 3.05) is 5.73 Å². The van der Waals surface area contributed by atoms with Gasteiger partial charge in [0, 0.05) is 11.6 Å². The maximum atomic E-state index is 6.15. The van der Waals surface area contributed by atoms with Gasteiger partial charge in [-0.15, -0.1) is 0 Å². The molecule has 0 fully saturated rings. The lowest BCUT2D eigenvalue weighted by molar-refractivity contribution is 0.680. The Bertz CT molecular complexity index is 456. The van der Waals surface area contributed by atoms with E-state index in [0.29, 0.717) is 5.92 Å². The van der Waals surface area contributed by atoms with Gasteiger partial charge in [-0.3, -0.25) is 0 Å². The third-order valence-electron chi connectivity index (χ3n) is 3.26. The number of anilines is 1. The molecule has 0 saturated heterocycles. The van der Waals surface area contributed by atoms with Gasteiger partial charge in [0.2, 0.25) is 0 Å². The Morgan fingerprint density at radius 3 is 1.94 bits per heavy atom. The largest absolute Gasteiger partial charge is 0.399 e. The molecule has 0 heterocycles. The summed E-state index contributed by atoms with van der Waals surface area (Å²) in [6.45, 7) is 6.31. The molecule has 1 aromatic carbocycles. The van der Waals surface area contributed by atoms with E-state index >= 15 is 0 Å². The van der Waals surface area contributed by atoms with Crippen LogP contribution in [0.1, 0.15) is 32.3 Å². The van der Waals surface area contributed by atoms with Crippen LogP contribution in [0.5, 0.6) is 0 Å². The van der Waals surface area contributed by atoms with Gasteiger partial charge in [-0.1, -0.05) is 35.4 Å². The highest BCUT2D eigenvalue weighted by Crippen LogP contribution is 2.37. The zero-order valence-electron chi connectivity index (χ0n) is 10.7. The minimum Gasteiger partial charge on any atom is -0.399 e. The van der Waals surface area contributed by atoms with Crippen molar-refractivity contribution in [2.45, 2.75) is 32.2 Å². The molecule has 0 atom stereocenters. The van der Waals surface area contributed by atoms with Crippen LogP contribution in [0.25, 0.3) is 0 Å². The number of rotatable bonds is 1. The van der Waals surface area contributed by atoms with Gasteiger partial charge in [0.15, 0.2) is 0 Å². The summed E-state index contributed by atoms with van der Waals surface area (Å²) in [5.74, 6) is 0.340. The van der Waals surface area contributed by atoms with Crippen LogP contribution >= 0.6 is 0 Å². The summed E-state index contributed by atoms with van der Waals surface area (Å²) in [5.41, 5.74) is 16.2. The monoisotopic (exact) mass is 228 g/mol. The van der Waals surface area contributed by atoms with E-state index in [-0.39, 0.29) is 5.54 Å². The van der Waals surface area contributed by atoms with Crippen LogP contribution in [0.4, 0.5) is 5.69 Å². The Morgan fingerprint density at radius 1 is 1.00 bits per heavy atom. The van der Waals surface area contributed by atoms with E-state index in [1.807, 2.05) is 19.1 Å². The average Bonchev–Trinajstić information content (AvgIpc) is 2.18. The van der Waals surface area contributed by atoms with Crippen LogP contribution in [0.2, 0.25) is 0 Å². The summed E-state index contributed by atoms with van der Waals surface area (Å²) in [6, 6.07) is 8.08. The third kappa shape index (κ3) is 2.42. The summed E-state index contributed by atoms with van der Waals surface area (Å²) in [6.07, 6.45) is 4.28. The molecule has 90 valence electrons. The number of hydrogen-bond acceptors (Lipinski definition) is 2. The number of nitrogen functional groups attached to an aromatic ring is 1. The summed E-state index contributed by atoms with van der Waals surface area (Å²) >= 11 is 0. The van der Waals surface area contributed by atoms with Crippen molar-refractivity contribution in [2.24, 2.45) is 5.73 Å². The average molecular weight is 228 g/mol. The quantitative estimate of drug-likeness (QED) is 0.573. The van der Waals surface area contributed by atoms with Crippen molar-refractivity contribution in [3.05, 3.63) is 53.1 Å². The van der Waals surface area contributed by atoms with Gasteiger partial charge in [-0.05, 0) is 38.5 Å². The molecule has 1 aromatic rings. The van der Waals surface area contributed by atoms with Crippen molar-refractivity contribution >= 4 is 5.69 Å². The molecule has 2 nitrogen and oxygen atoms in total. The normalized spacial score (nSPS) is 28.6. The Morgan fingerprint density at radius 2 is 1.47 bits per heavy atom. The molecule has 0 bridgehead atoms. The van der Waals surface area contributed by atoms with E-state index in [4.69, 9.17) is 11.5 Å².